The summed E-state index contributed by atoms with van der Waals surface area (Å²) in [6, 6.07) is 8.22. The van der Waals surface area contributed by atoms with Crippen molar-refractivity contribution in [1.29, 1.82) is 0 Å². The second-order valence-corrected chi connectivity index (χ2v) is 7.53. The summed E-state index contributed by atoms with van der Waals surface area (Å²) in [5.41, 5.74) is 3.92. The number of hydrogen-bond donors (Lipinski definition) is 1. The lowest BCUT2D eigenvalue weighted by Crippen LogP contribution is -2.34. The van der Waals surface area contributed by atoms with Gasteiger partial charge >= 0.3 is 0 Å². The average molecular weight is 393 g/mol. The maximum Gasteiger partial charge on any atom is 0.267 e. The molecule has 1 aliphatic rings. The van der Waals surface area contributed by atoms with Gasteiger partial charge in [-0.2, -0.15) is 0 Å². The van der Waals surface area contributed by atoms with Crippen LogP contribution in [0.25, 0.3) is 0 Å². The summed E-state index contributed by atoms with van der Waals surface area (Å²) in [7, 11) is 3.63. The van der Waals surface area contributed by atoms with E-state index in [1.807, 2.05) is 46.9 Å². The molecule has 29 heavy (non-hydrogen) atoms. The predicted molar refractivity (Wildman–Crippen MR) is 109 cm³/mol. The van der Waals surface area contributed by atoms with E-state index in [-0.39, 0.29) is 11.9 Å². The van der Waals surface area contributed by atoms with Gasteiger partial charge in [0.15, 0.2) is 0 Å². The fourth-order valence-electron chi connectivity index (χ4n) is 4.11. The van der Waals surface area contributed by atoms with Crippen LogP contribution in [0, 0.1) is 0 Å². The first-order valence-electron chi connectivity index (χ1n) is 10.1. The molecule has 3 aromatic heterocycles. The Hall–Kier alpha value is -3.00. The number of likely N-dealkylation sites (tertiary alicyclic amines) is 1. The molecule has 1 atom stereocenters. The van der Waals surface area contributed by atoms with E-state index in [2.05, 4.69) is 31.6 Å². The van der Waals surface area contributed by atoms with Crippen LogP contribution in [-0.2, 0) is 20.1 Å². The SMILES string of the molecule is CNC(=O)c1ccc([C@@H]2CCCCN2Cc2cn(Cc3cccnc3)nn2)n1C. The fourth-order valence-corrected chi connectivity index (χ4v) is 4.11. The third-order valence-electron chi connectivity index (χ3n) is 5.59. The molecule has 0 spiro atoms. The van der Waals surface area contributed by atoms with Gasteiger partial charge in [-0.05, 0) is 43.1 Å². The third-order valence-corrected chi connectivity index (χ3v) is 5.59. The first-order chi connectivity index (χ1) is 14.2. The number of nitrogens with one attached hydrogen (secondary N) is 1. The topological polar surface area (TPSA) is 80.9 Å². The van der Waals surface area contributed by atoms with E-state index in [1.54, 1.807) is 13.2 Å². The summed E-state index contributed by atoms with van der Waals surface area (Å²) in [6.45, 7) is 2.43. The van der Waals surface area contributed by atoms with Gasteiger partial charge in [-0.3, -0.25) is 14.7 Å². The van der Waals surface area contributed by atoms with Gasteiger partial charge in [-0.25, -0.2) is 4.68 Å². The summed E-state index contributed by atoms with van der Waals surface area (Å²) in [6.07, 6.45) is 9.07. The molecule has 1 fully saturated rings. The number of carbonyl (C=O) groups excluding carboxylic acids is 1. The van der Waals surface area contributed by atoms with Crippen LogP contribution in [0.4, 0.5) is 0 Å². The summed E-state index contributed by atoms with van der Waals surface area (Å²) in [4.78, 5) is 18.7. The van der Waals surface area contributed by atoms with E-state index >= 15 is 0 Å². The second kappa shape index (κ2) is 8.57. The van der Waals surface area contributed by atoms with E-state index in [9.17, 15) is 4.79 Å². The maximum absolute atomic E-state index is 12.1. The van der Waals surface area contributed by atoms with Crippen LogP contribution in [0.2, 0.25) is 0 Å². The molecule has 8 nitrogen and oxygen atoms in total. The molecule has 3 aromatic rings. The van der Waals surface area contributed by atoms with Crippen LogP contribution < -0.4 is 5.32 Å². The Morgan fingerprint density at radius 2 is 2.14 bits per heavy atom. The molecular weight excluding hydrogens is 366 g/mol. The smallest absolute Gasteiger partial charge is 0.267 e. The maximum atomic E-state index is 12.1. The van der Waals surface area contributed by atoms with Gasteiger partial charge in [0.1, 0.15) is 5.69 Å². The molecule has 0 saturated carbocycles. The zero-order valence-corrected chi connectivity index (χ0v) is 17.0. The minimum Gasteiger partial charge on any atom is -0.354 e. The normalized spacial score (nSPS) is 17.4. The molecule has 4 heterocycles. The van der Waals surface area contributed by atoms with E-state index < -0.39 is 0 Å². The Labute approximate surface area is 170 Å². The van der Waals surface area contributed by atoms with Crippen LogP contribution >= 0.6 is 0 Å². The van der Waals surface area contributed by atoms with Crippen molar-refractivity contribution in [3.63, 3.8) is 0 Å². The molecule has 1 aliphatic heterocycles. The number of piperidine rings is 1. The van der Waals surface area contributed by atoms with Crippen molar-refractivity contribution in [3.8, 4) is 0 Å². The van der Waals surface area contributed by atoms with Crippen molar-refractivity contribution in [2.24, 2.45) is 7.05 Å². The number of pyridine rings is 1. The number of aromatic nitrogens is 5. The zero-order valence-electron chi connectivity index (χ0n) is 17.0. The number of amides is 1. The highest BCUT2D eigenvalue weighted by Crippen LogP contribution is 2.32. The van der Waals surface area contributed by atoms with Crippen LogP contribution in [0.5, 0.6) is 0 Å². The Bertz CT molecular complexity index is 963. The van der Waals surface area contributed by atoms with Crippen molar-refractivity contribution in [3.05, 3.63) is 65.5 Å². The lowest BCUT2D eigenvalue weighted by Gasteiger charge is -2.35. The van der Waals surface area contributed by atoms with Crippen molar-refractivity contribution >= 4 is 5.91 Å². The monoisotopic (exact) mass is 393 g/mol. The highest BCUT2D eigenvalue weighted by molar-refractivity contribution is 5.92. The Kier molecular flexibility index (Phi) is 5.71. The predicted octanol–water partition coefficient (Wildman–Crippen LogP) is 2.15. The minimum atomic E-state index is -0.0561. The van der Waals surface area contributed by atoms with E-state index in [0.717, 1.165) is 30.8 Å². The summed E-state index contributed by atoms with van der Waals surface area (Å²) >= 11 is 0. The first-order valence-corrected chi connectivity index (χ1v) is 10.1. The van der Waals surface area contributed by atoms with Crippen LogP contribution in [0.3, 0.4) is 0 Å². The van der Waals surface area contributed by atoms with E-state index in [0.29, 0.717) is 12.2 Å². The van der Waals surface area contributed by atoms with Crippen LogP contribution in [0.15, 0.2) is 42.9 Å². The highest BCUT2D eigenvalue weighted by atomic mass is 16.1. The standard InChI is InChI=1S/C21H27N7O/c1-22-21(29)20-9-8-18(26(20)2)19-7-3-4-11-27(19)14-17-15-28(25-24-17)13-16-6-5-10-23-12-16/h5-6,8-10,12,15,19H,3-4,7,11,13-14H2,1-2H3,(H,22,29)/t19-/m0/s1. The van der Waals surface area contributed by atoms with Crippen LogP contribution in [-0.4, -0.2) is 48.9 Å². The highest BCUT2D eigenvalue weighted by Gasteiger charge is 2.28. The summed E-state index contributed by atoms with van der Waals surface area (Å²) in [5.74, 6) is -0.0561. The molecule has 0 radical (unpaired) electrons. The molecule has 0 aromatic carbocycles. The average Bonchev–Trinajstić information content (AvgIpc) is 3.35. The Morgan fingerprint density at radius 1 is 1.24 bits per heavy atom. The van der Waals surface area contributed by atoms with Crippen molar-refractivity contribution in [2.75, 3.05) is 13.6 Å². The Balaban J connectivity index is 1.49. The van der Waals surface area contributed by atoms with Gasteiger partial charge in [0.05, 0.1) is 24.5 Å². The first kappa shape index (κ1) is 19.3. The van der Waals surface area contributed by atoms with Crippen molar-refractivity contribution in [2.45, 2.75) is 38.4 Å². The second-order valence-electron chi connectivity index (χ2n) is 7.53. The molecule has 1 saturated heterocycles. The van der Waals surface area contributed by atoms with Gasteiger partial charge in [-0.1, -0.05) is 17.7 Å². The van der Waals surface area contributed by atoms with Crippen molar-refractivity contribution in [1.82, 2.24) is 34.8 Å². The molecule has 8 heteroatoms. The molecular formula is C21H27N7O. The fraction of sp³-hybridized carbons (Fsp3) is 0.429. The van der Waals surface area contributed by atoms with Crippen molar-refractivity contribution < 1.29 is 4.79 Å². The van der Waals surface area contributed by atoms with Gasteiger partial charge in [0.2, 0.25) is 0 Å². The van der Waals surface area contributed by atoms with Gasteiger partial charge < -0.3 is 9.88 Å². The molecule has 152 valence electrons. The van der Waals surface area contributed by atoms with Crippen LogP contribution in [0.1, 0.15) is 52.7 Å². The lowest BCUT2D eigenvalue weighted by molar-refractivity contribution is 0.0952. The van der Waals surface area contributed by atoms with E-state index in [1.165, 1.54) is 18.5 Å². The molecule has 1 N–H and O–H groups in total. The van der Waals surface area contributed by atoms with Gasteiger partial charge in [-0.15, -0.1) is 5.10 Å². The summed E-state index contributed by atoms with van der Waals surface area (Å²) < 4.78 is 3.87. The molecule has 4 rings (SSSR count). The largest absolute Gasteiger partial charge is 0.354 e. The third kappa shape index (κ3) is 4.22. The zero-order chi connectivity index (χ0) is 20.2. The number of carbonyl (C=O) groups is 1. The summed E-state index contributed by atoms with van der Waals surface area (Å²) in [5, 5.41) is 11.4. The quantitative estimate of drug-likeness (QED) is 0.694. The number of nitrogens with zero attached hydrogens (tertiary/aromatic N) is 6. The van der Waals surface area contributed by atoms with E-state index in [4.69, 9.17) is 0 Å². The lowest BCUT2D eigenvalue weighted by atomic mass is 9.99. The van der Waals surface area contributed by atoms with Gasteiger partial charge in [0, 0.05) is 38.7 Å². The molecule has 1 amide bonds. The van der Waals surface area contributed by atoms with Gasteiger partial charge in [0.25, 0.3) is 5.91 Å². The number of rotatable bonds is 6. The minimum absolute atomic E-state index is 0.0561. The molecule has 0 unspecified atom stereocenters. The molecule has 0 aliphatic carbocycles. The Morgan fingerprint density at radius 3 is 2.93 bits per heavy atom. The number of hydrogen-bond acceptors (Lipinski definition) is 5. The molecule has 0 bridgehead atoms.